The quantitative estimate of drug-likeness (QED) is 0.468. The molecule has 1 fully saturated rings. The van der Waals surface area contributed by atoms with Crippen molar-refractivity contribution < 1.29 is 9.86 Å². The fraction of sp³-hybridized carbons (Fsp3) is 0.368. The fourth-order valence-electron chi connectivity index (χ4n) is 3.48. The Balaban J connectivity index is 1.78. The van der Waals surface area contributed by atoms with E-state index in [4.69, 9.17) is 11.3 Å². The average molecular weight is 325 g/mol. The fourth-order valence-corrected chi connectivity index (χ4v) is 3.48. The molecule has 0 unspecified atom stereocenters. The van der Waals surface area contributed by atoms with Crippen LogP contribution in [0.2, 0.25) is 0 Å². The van der Waals surface area contributed by atoms with Crippen LogP contribution < -0.4 is 10.6 Å². The van der Waals surface area contributed by atoms with E-state index in [-0.39, 0.29) is 5.02 Å². The van der Waals surface area contributed by atoms with E-state index in [0.717, 1.165) is 22.7 Å². The van der Waals surface area contributed by atoms with Crippen molar-refractivity contribution in [3.8, 4) is 16.9 Å². The van der Waals surface area contributed by atoms with Crippen LogP contribution in [0.15, 0.2) is 42.5 Å². The molecule has 0 aliphatic heterocycles. The molecule has 0 radical (unpaired) electrons. The number of rotatable bonds is 4. The topological polar surface area (TPSA) is 85.2 Å². The molecule has 24 heavy (non-hydrogen) atoms. The number of nitrogens with zero attached hydrogens (tertiary/aromatic N) is 1. The lowest BCUT2D eigenvalue weighted by Gasteiger charge is -2.27. The molecule has 1 aliphatic carbocycles. The molecule has 126 valence electrons. The van der Waals surface area contributed by atoms with Gasteiger partial charge in [-0.3, -0.25) is 0 Å². The standard InChI is InChI=1S/C19H23N3O2/c1-13-2-4-14(5-3-13)16-8-11-18(19(20)12-16)15-6-9-17(10-7-15)24-22(21)23/h6-14,21H,2-5,20H2,1H3. The number of nitrogens with two attached hydrogens (primary N) is 1. The van der Waals surface area contributed by atoms with Gasteiger partial charge in [-0.25, -0.2) is 5.21 Å². The Hall–Kier alpha value is -2.56. The molecular formula is C19H23N3O2. The number of hydrogen-bond acceptors (Lipinski definition) is 4. The first-order valence-corrected chi connectivity index (χ1v) is 8.39. The summed E-state index contributed by atoms with van der Waals surface area (Å²) in [6, 6.07) is 13.3. The lowest BCUT2D eigenvalue weighted by molar-refractivity contribution is -0.763. The molecular weight excluding hydrogens is 302 g/mol. The van der Waals surface area contributed by atoms with Crippen molar-refractivity contribution in [3.05, 3.63) is 53.2 Å². The molecule has 0 aromatic heterocycles. The van der Waals surface area contributed by atoms with Crippen LogP contribution in [0, 0.1) is 16.7 Å². The maximum absolute atomic E-state index is 10.6. The summed E-state index contributed by atoms with van der Waals surface area (Å²) in [5.74, 6) is 1.79. The van der Waals surface area contributed by atoms with E-state index >= 15 is 0 Å². The Bertz CT molecular complexity index is 720. The molecule has 1 aliphatic rings. The molecule has 0 atom stereocenters. The number of benzene rings is 2. The maximum atomic E-state index is 10.6. The number of anilines is 1. The van der Waals surface area contributed by atoms with Gasteiger partial charge in [-0.15, -0.1) is 0 Å². The first kappa shape index (κ1) is 16.3. The molecule has 2 aromatic rings. The summed E-state index contributed by atoms with van der Waals surface area (Å²) < 4.78 is 0. The minimum absolute atomic E-state index is 0.316. The van der Waals surface area contributed by atoms with E-state index in [2.05, 4.69) is 30.0 Å². The zero-order valence-corrected chi connectivity index (χ0v) is 13.9. The van der Waals surface area contributed by atoms with Gasteiger partial charge in [0.2, 0.25) is 0 Å². The third-order valence-corrected chi connectivity index (χ3v) is 4.92. The third-order valence-electron chi connectivity index (χ3n) is 4.92. The second kappa shape index (κ2) is 6.91. The number of hydrogen-bond donors (Lipinski definition) is 2. The lowest BCUT2D eigenvalue weighted by atomic mass is 9.79. The second-order valence-corrected chi connectivity index (χ2v) is 6.68. The predicted octanol–water partition coefficient (Wildman–Crippen LogP) is 5.06. The first-order valence-electron chi connectivity index (χ1n) is 8.39. The molecule has 5 heteroatoms. The van der Waals surface area contributed by atoms with Crippen molar-refractivity contribution in [2.24, 2.45) is 5.92 Å². The Kier molecular flexibility index (Phi) is 4.69. The van der Waals surface area contributed by atoms with Crippen molar-refractivity contribution >= 4 is 5.69 Å². The summed E-state index contributed by atoms with van der Waals surface area (Å²) in [6.07, 6.45) is 5.07. The summed E-state index contributed by atoms with van der Waals surface area (Å²) in [5, 5.41) is 10.3. The summed E-state index contributed by atoms with van der Waals surface area (Å²) in [6.45, 7) is 2.33. The van der Waals surface area contributed by atoms with E-state index in [1.54, 1.807) is 12.1 Å². The molecule has 3 rings (SSSR count). The van der Waals surface area contributed by atoms with Crippen molar-refractivity contribution in [2.45, 2.75) is 38.5 Å². The SMILES string of the molecule is CC1CCC(c2ccc(-c3ccc(O[N+](=N)[O-])cc3)c(N)c2)CC1. The van der Waals surface area contributed by atoms with Gasteiger partial charge in [0.15, 0.2) is 5.02 Å². The van der Waals surface area contributed by atoms with Crippen LogP contribution in [0.5, 0.6) is 5.75 Å². The van der Waals surface area contributed by atoms with Crippen LogP contribution >= 0.6 is 0 Å². The van der Waals surface area contributed by atoms with Crippen LogP contribution in [0.4, 0.5) is 5.69 Å². The van der Waals surface area contributed by atoms with E-state index in [1.807, 2.05) is 12.1 Å². The Morgan fingerprint density at radius 2 is 1.75 bits per heavy atom. The highest BCUT2D eigenvalue weighted by Crippen LogP contribution is 2.38. The summed E-state index contributed by atoms with van der Waals surface area (Å²) in [5.41, 5.74) is 17.1. The van der Waals surface area contributed by atoms with Gasteiger partial charge in [-0.05, 0) is 54.0 Å². The second-order valence-electron chi connectivity index (χ2n) is 6.68. The zero-order chi connectivity index (χ0) is 17.1. The van der Waals surface area contributed by atoms with Gasteiger partial charge in [0.1, 0.15) is 0 Å². The van der Waals surface area contributed by atoms with Gasteiger partial charge in [0, 0.05) is 16.8 Å². The largest absolute Gasteiger partial charge is 0.398 e. The summed E-state index contributed by atoms with van der Waals surface area (Å²) >= 11 is 0. The van der Waals surface area contributed by atoms with Crippen molar-refractivity contribution in [2.75, 3.05) is 5.73 Å². The normalized spacial score (nSPS) is 20.5. The van der Waals surface area contributed by atoms with Crippen molar-refractivity contribution in [1.82, 2.24) is 0 Å². The molecule has 5 nitrogen and oxygen atoms in total. The molecule has 0 amide bonds. The van der Waals surface area contributed by atoms with Gasteiger partial charge in [0.05, 0.1) is 5.75 Å². The Morgan fingerprint density at radius 3 is 2.33 bits per heavy atom. The lowest BCUT2D eigenvalue weighted by Crippen LogP contribution is -2.11. The third kappa shape index (κ3) is 3.67. The smallest absolute Gasteiger partial charge is 0.170 e. The molecule has 3 N–H and O–H groups in total. The van der Waals surface area contributed by atoms with Gasteiger partial charge >= 0.3 is 0 Å². The predicted molar refractivity (Wildman–Crippen MR) is 93.6 cm³/mol. The molecule has 0 spiro atoms. The van der Waals surface area contributed by atoms with Crippen LogP contribution in [0.3, 0.4) is 0 Å². The van der Waals surface area contributed by atoms with Crippen LogP contribution in [-0.2, 0) is 0 Å². The Labute approximate surface area is 142 Å². The summed E-state index contributed by atoms with van der Waals surface area (Å²) in [4.78, 5) is 4.66. The monoisotopic (exact) mass is 325 g/mol. The van der Waals surface area contributed by atoms with E-state index in [9.17, 15) is 5.21 Å². The average Bonchev–Trinajstić information content (AvgIpc) is 2.56. The van der Waals surface area contributed by atoms with E-state index in [1.165, 1.54) is 31.2 Å². The molecule has 2 aromatic carbocycles. The van der Waals surface area contributed by atoms with Crippen LogP contribution in [0.25, 0.3) is 11.1 Å². The van der Waals surface area contributed by atoms with Crippen LogP contribution in [-0.4, -0.2) is 5.02 Å². The number of nitrogen functional groups attached to an aromatic ring is 1. The minimum Gasteiger partial charge on any atom is -0.398 e. The van der Waals surface area contributed by atoms with Crippen LogP contribution in [0.1, 0.15) is 44.1 Å². The van der Waals surface area contributed by atoms with Gasteiger partial charge in [-0.1, -0.05) is 44.0 Å². The highest BCUT2D eigenvalue weighted by molar-refractivity contribution is 5.77. The molecule has 0 heterocycles. The van der Waals surface area contributed by atoms with Gasteiger partial charge < -0.3 is 10.6 Å². The van der Waals surface area contributed by atoms with E-state index in [0.29, 0.717) is 11.7 Å². The maximum Gasteiger partial charge on any atom is 0.170 e. The summed E-state index contributed by atoms with van der Waals surface area (Å²) in [7, 11) is 0. The number of nitrogens with one attached hydrogen (secondary N) is 1. The highest BCUT2D eigenvalue weighted by Gasteiger charge is 2.20. The van der Waals surface area contributed by atoms with E-state index < -0.39 is 0 Å². The van der Waals surface area contributed by atoms with Crippen molar-refractivity contribution in [1.29, 1.82) is 5.53 Å². The van der Waals surface area contributed by atoms with Gasteiger partial charge in [0.25, 0.3) is 0 Å². The molecule has 0 saturated heterocycles. The van der Waals surface area contributed by atoms with Crippen molar-refractivity contribution in [3.63, 3.8) is 0 Å². The molecule has 1 saturated carbocycles. The first-order chi connectivity index (χ1) is 11.5. The van der Waals surface area contributed by atoms with Gasteiger partial charge in [-0.2, -0.15) is 0 Å². The molecule has 0 bridgehead atoms. The Morgan fingerprint density at radius 1 is 1.08 bits per heavy atom. The minimum atomic E-state index is -0.316. The zero-order valence-electron chi connectivity index (χ0n) is 13.9. The highest BCUT2D eigenvalue weighted by atomic mass is 16.9.